The quantitative estimate of drug-likeness (QED) is 0.844. The minimum atomic E-state index is 0.534. The average Bonchev–Trinajstić information content (AvgIpc) is 2.48. The van der Waals surface area contributed by atoms with Crippen LogP contribution in [0, 0.1) is 5.92 Å². The number of nitrogens with one attached hydrogen (secondary N) is 1. The second kappa shape index (κ2) is 7.50. The van der Waals surface area contributed by atoms with Crippen LogP contribution in [-0.4, -0.2) is 21.5 Å². The van der Waals surface area contributed by atoms with Crippen molar-refractivity contribution in [3.8, 4) is 11.5 Å². The Kier molecular flexibility index (Phi) is 5.67. The van der Waals surface area contributed by atoms with Gasteiger partial charge in [-0.15, -0.1) is 0 Å². The summed E-state index contributed by atoms with van der Waals surface area (Å²) < 4.78 is 0.962. The highest BCUT2D eigenvalue weighted by molar-refractivity contribution is 9.10. The first-order valence-electron chi connectivity index (χ1n) is 7.33. The lowest BCUT2D eigenvalue weighted by molar-refractivity contribution is 0.632. The number of aromatic nitrogens is 3. The van der Waals surface area contributed by atoms with Gasteiger partial charge in [-0.05, 0) is 46.8 Å². The fourth-order valence-corrected chi connectivity index (χ4v) is 2.47. The zero-order valence-corrected chi connectivity index (χ0v) is 14.3. The Labute approximate surface area is 134 Å². The molecule has 0 radical (unpaired) electrons. The van der Waals surface area contributed by atoms with Crippen molar-refractivity contribution in [2.45, 2.75) is 33.6 Å². The van der Waals surface area contributed by atoms with Crippen LogP contribution in [0.25, 0.3) is 11.5 Å². The van der Waals surface area contributed by atoms with Crippen LogP contribution in [0.15, 0.2) is 28.9 Å². The second-order valence-corrected chi connectivity index (χ2v) is 6.19. The summed E-state index contributed by atoms with van der Waals surface area (Å²) in [5.74, 6) is 2.06. The van der Waals surface area contributed by atoms with Crippen molar-refractivity contribution in [3.63, 3.8) is 0 Å². The van der Waals surface area contributed by atoms with E-state index in [0.717, 1.165) is 41.1 Å². The van der Waals surface area contributed by atoms with E-state index >= 15 is 0 Å². The van der Waals surface area contributed by atoms with Gasteiger partial charge < -0.3 is 5.32 Å². The van der Waals surface area contributed by atoms with Crippen molar-refractivity contribution in [1.82, 2.24) is 15.0 Å². The molecule has 1 N–H and O–H groups in total. The second-order valence-electron chi connectivity index (χ2n) is 5.40. The molecule has 2 aromatic rings. The maximum absolute atomic E-state index is 4.69. The summed E-state index contributed by atoms with van der Waals surface area (Å²) in [7, 11) is 0. The van der Waals surface area contributed by atoms with Crippen molar-refractivity contribution < 1.29 is 0 Å². The maximum atomic E-state index is 4.69. The predicted molar refractivity (Wildman–Crippen MR) is 90.3 cm³/mol. The first kappa shape index (κ1) is 15.9. The maximum Gasteiger partial charge on any atom is 0.180 e. The Balaban J connectivity index is 2.45. The SMILES string of the molecule is CCCNc1nc(-c2ccccn2)nc(CC(C)C)c1Br. The van der Waals surface area contributed by atoms with Crippen molar-refractivity contribution in [1.29, 1.82) is 0 Å². The molecule has 2 rings (SSSR count). The fraction of sp³-hybridized carbons (Fsp3) is 0.438. The monoisotopic (exact) mass is 348 g/mol. The fourth-order valence-electron chi connectivity index (χ4n) is 1.99. The van der Waals surface area contributed by atoms with E-state index in [1.807, 2.05) is 18.2 Å². The zero-order valence-electron chi connectivity index (χ0n) is 12.7. The van der Waals surface area contributed by atoms with Crippen LogP contribution in [0.5, 0.6) is 0 Å². The molecule has 2 heterocycles. The van der Waals surface area contributed by atoms with Gasteiger partial charge >= 0.3 is 0 Å². The van der Waals surface area contributed by atoms with E-state index in [9.17, 15) is 0 Å². The third-order valence-electron chi connectivity index (χ3n) is 2.96. The first-order valence-corrected chi connectivity index (χ1v) is 8.12. The van der Waals surface area contributed by atoms with Crippen molar-refractivity contribution in [2.75, 3.05) is 11.9 Å². The molecule has 112 valence electrons. The first-order chi connectivity index (χ1) is 10.1. The molecule has 4 nitrogen and oxygen atoms in total. The van der Waals surface area contributed by atoms with Crippen LogP contribution in [-0.2, 0) is 6.42 Å². The molecule has 0 aliphatic heterocycles. The number of hydrogen-bond acceptors (Lipinski definition) is 4. The molecule has 0 fully saturated rings. The molecule has 0 saturated carbocycles. The number of anilines is 1. The topological polar surface area (TPSA) is 50.7 Å². The Bertz CT molecular complexity index is 584. The van der Waals surface area contributed by atoms with Crippen LogP contribution >= 0.6 is 15.9 Å². The van der Waals surface area contributed by atoms with Crippen molar-refractivity contribution in [2.24, 2.45) is 5.92 Å². The highest BCUT2D eigenvalue weighted by Gasteiger charge is 2.14. The van der Waals surface area contributed by atoms with E-state index in [0.29, 0.717) is 11.7 Å². The lowest BCUT2D eigenvalue weighted by atomic mass is 10.1. The summed E-state index contributed by atoms with van der Waals surface area (Å²) in [4.78, 5) is 13.7. The van der Waals surface area contributed by atoms with Gasteiger partial charge in [0.15, 0.2) is 5.82 Å². The van der Waals surface area contributed by atoms with E-state index < -0.39 is 0 Å². The molecule has 2 aromatic heterocycles. The number of rotatable bonds is 6. The molecule has 0 aliphatic carbocycles. The average molecular weight is 349 g/mol. The Morgan fingerprint density at radius 1 is 1.24 bits per heavy atom. The van der Waals surface area contributed by atoms with E-state index in [1.54, 1.807) is 6.20 Å². The highest BCUT2D eigenvalue weighted by Crippen LogP contribution is 2.28. The minimum Gasteiger partial charge on any atom is -0.369 e. The van der Waals surface area contributed by atoms with E-state index in [2.05, 4.69) is 52.0 Å². The summed E-state index contributed by atoms with van der Waals surface area (Å²) in [6, 6.07) is 5.79. The summed E-state index contributed by atoms with van der Waals surface area (Å²) in [5, 5.41) is 3.36. The standard InChI is InChI=1S/C16H21BrN4/c1-4-8-19-16-14(17)13(10-11(2)3)20-15(21-16)12-7-5-6-9-18-12/h5-7,9,11H,4,8,10H2,1-3H3,(H,19,20,21). The molecule has 0 aliphatic rings. The van der Waals surface area contributed by atoms with Gasteiger partial charge in [0.1, 0.15) is 11.5 Å². The molecule has 0 amide bonds. The predicted octanol–water partition coefficient (Wildman–Crippen LogP) is 4.32. The van der Waals surface area contributed by atoms with Crippen LogP contribution in [0.2, 0.25) is 0 Å². The van der Waals surface area contributed by atoms with Gasteiger partial charge in [0.25, 0.3) is 0 Å². The number of nitrogens with zero attached hydrogens (tertiary/aromatic N) is 3. The third kappa shape index (κ3) is 4.24. The van der Waals surface area contributed by atoms with E-state index in [4.69, 9.17) is 4.98 Å². The molecule has 5 heteroatoms. The minimum absolute atomic E-state index is 0.534. The summed E-state index contributed by atoms with van der Waals surface area (Å²) in [6.45, 7) is 7.40. The zero-order chi connectivity index (χ0) is 15.2. The Hall–Kier alpha value is -1.49. The van der Waals surface area contributed by atoms with Gasteiger partial charge in [-0.3, -0.25) is 4.98 Å². The lowest BCUT2D eigenvalue weighted by Gasteiger charge is -2.13. The molecule has 0 unspecified atom stereocenters. The molecule has 0 atom stereocenters. The number of halogens is 1. The Morgan fingerprint density at radius 2 is 2.05 bits per heavy atom. The highest BCUT2D eigenvalue weighted by atomic mass is 79.9. The van der Waals surface area contributed by atoms with Gasteiger partial charge in [-0.25, -0.2) is 9.97 Å². The molecule has 0 spiro atoms. The smallest absolute Gasteiger partial charge is 0.180 e. The van der Waals surface area contributed by atoms with E-state index in [-0.39, 0.29) is 0 Å². The molecule has 0 bridgehead atoms. The van der Waals surface area contributed by atoms with Crippen LogP contribution in [0.1, 0.15) is 32.9 Å². The molecule has 0 aromatic carbocycles. The van der Waals surface area contributed by atoms with Gasteiger partial charge in [0.05, 0.1) is 10.2 Å². The number of pyridine rings is 1. The van der Waals surface area contributed by atoms with Crippen molar-refractivity contribution in [3.05, 3.63) is 34.6 Å². The Morgan fingerprint density at radius 3 is 2.67 bits per heavy atom. The van der Waals surface area contributed by atoms with Gasteiger partial charge in [0, 0.05) is 12.7 Å². The third-order valence-corrected chi connectivity index (χ3v) is 3.79. The summed E-state index contributed by atoms with van der Waals surface area (Å²) in [6.07, 6.45) is 3.72. The summed E-state index contributed by atoms with van der Waals surface area (Å²) >= 11 is 3.64. The van der Waals surface area contributed by atoms with E-state index in [1.165, 1.54) is 0 Å². The van der Waals surface area contributed by atoms with Crippen LogP contribution < -0.4 is 5.32 Å². The normalized spacial score (nSPS) is 10.9. The van der Waals surface area contributed by atoms with Gasteiger partial charge in [-0.1, -0.05) is 26.8 Å². The van der Waals surface area contributed by atoms with Crippen molar-refractivity contribution >= 4 is 21.7 Å². The summed E-state index contributed by atoms with van der Waals surface area (Å²) in [5.41, 5.74) is 1.83. The molecule has 21 heavy (non-hydrogen) atoms. The lowest BCUT2D eigenvalue weighted by Crippen LogP contribution is -2.09. The van der Waals surface area contributed by atoms with Crippen LogP contribution in [0.4, 0.5) is 5.82 Å². The molecular weight excluding hydrogens is 328 g/mol. The number of hydrogen-bond donors (Lipinski definition) is 1. The van der Waals surface area contributed by atoms with Gasteiger partial charge in [0.2, 0.25) is 0 Å². The largest absolute Gasteiger partial charge is 0.369 e. The van der Waals surface area contributed by atoms with Gasteiger partial charge in [-0.2, -0.15) is 0 Å². The molecular formula is C16H21BrN4. The molecule has 0 saturated heterocycles. The van der Waals surface area contributed by atoms with Crippen LogP contribution in [0.3, 0.4) is 0 Å².